The molecule has 0 saturated heterocycles. The summed E-state index contributed by atoms with van der Waals surface area (Å²) in [6, 6.07) is 5.17. The molecule has 0 saturated carbocycles. The quantitative estimate of drug-likeness (QED) is 0.727. The SMILES string of the molecule is CCOc1ccnc(CCNC(=S)Nc2ccc(Br)cn2)c1F. The Morgan fingerprint density at radius 1 is 1.35 bits per heavy atom. The van der Waals surface area contributed by atoms with E-state index in [4.69, 9.17) is 17.0 Å². The molecule has 0 atom stereocenters. The van der Waals surface area contributed by atoms with Crippen molar-refractivity contribution in [2.45, 2.75) is 13.3 Å². The number of nitrogens with zero attached hydrogens (tertiary/aromatic N) is 2. The van der Waals surface area contributed by atoms with Gasteiger partial charge in [0.1, 0.15) is 5.82 Å². The summed E-state index contributed by atoms with van der Waals surface area (Å²) < 4.78 is 20.2. The second-order valence-electron chi connectivity index (χ2n) is 4.50. The molecule has 2 rings (SSSR count). The molecule has 2 heterocycles. The molecule has 0 fully saturated rings. The molecule has 122 valence electrons. The van der Waals surface area contributed by atoms with Crippen molar-refractivity contribution in [3.8, 4) is 5.75 Å². The number of ether oxygens (including phenoxy) is 1. The maximum Gasteiger partial charge on any atom is 0.186 e. The first kappa shape index (κ1) is 17.6. The van der Waals surface area contributed by atoms with Gasteiger partial charge in [-0.15, -0.1) is 0 Å². The zero-order valence-electron chi connectivity index (χ0n) is 12.5. The van der Waals surface area contributed by atoms with Gasteiger partial charge in [-0.2, -0.15) is 0 Å². The first-order chi connectivity index (χ1) is 11.1. The number of aromatic nitrogens is 2. The van der Waals surface area contributed by atoms with E-state index in [-0.39, 0.29) is 5.75 Å². The van der Waals surface area contributed by atoms with Crippen LogP contribution < -0.4 is 15.4 Å². The fraction of sp³-hybridized carbons (Fsp3) is 0.267. The minimum absolute atomic E-state index is 0.220. The van der Waals surface area contributed by atoms with Crippen LogP contribution in [0.4, 0.5) is 10.2 Å². The molecule has 0 unspecified atom stereocenters. The van der Waals surface area contributed by atoms with Crippen LogP contribution in [-0.2, 0) is 6.42 Å². The van der Waals surface area contributed by atoms with E-state index in [1.807, 2.05) is 6.07 Å². The van der Waals surface area contributed by atoms with E-state index in [9.17, 15) is 4.39 Å². The van der Waals surface area contributed by atoms with Crippen molar-refractivity contribution in [3.05, 3.63) is 46.6 Å². The Labute approximate surface area is 147 Å². The van der Waals surface area contributed by atoms with Gasteiger partial charge in [0.25, 0.3) is 0 Å². The second kappa shape index (κ2) is 8.73. The lowest BCUT2D eigenvalue weighted by Gasteiger charge is -2.11. The first-order valence-corrected chi connectivity index (χ1v) is 8.23. The van der Waals surface area contributed by atoms with Gasteiger partial charge in [0.05, 0.1) is 12.3 Å². The van der Waals surface area contributed by atoms with Crippen LogP contribution in [0, 0.1) is 5.82 Å². The molecular weight excluding hydrogens is 383 g/mol. The molecule has 0 aromatic carbocycles. The van der Waals surface area contributed by atoms with Gasteiger partial charge < -0.3 is 15.4 Å². The van der Waals surface area contributed by atoms with E-state index < -0.39 is 5.82 Å². The highest BCUT2D eigenvalue weighted by atomic mass is 79.9. The van der Waals surface area contributed by atoms with Gasteiger partial charge in [-0.25, -0.2) is 9.37 Å². The van der Waals surface area contributed by atoms with Gasteiger partial charge in [-0.05, 0) is 47.2 Å². The Morgan fingerprint density at radius 3 is 2.87 bits per heavy atom. The van der Waals surface area contributed by atoms with E-state index in [2.05, 4.69) is 36.5 Å². The van der Waals surface area contributed by atoms with Crippen LogP contribution in [0.3, 0.4) is 0 Å². The Bertz CT molecular complexity index is 669. The van der Waals surface area contributed by atoms with Crippen molar-refractivity contribution in [1.29, 1.82) is 0 Å². The molecule has 8 heteroatoms. The number of hydrogen-bond donors (Lipinski definition) is 2. The monoisotopic (exact) mass is 398 g/mol. The van der Waals surface area contributed by atoms with Crippen molar-refractivity contribution in [2.24, 2.45) is 0 Å². The van der Waals surface area contributed by atoms with Crippen molar-refractivity contribution < 1.29 is 9.13 Å². The second-order valence-corrected chi connectivity index (χ2v) is 5.82. The summed E-state index contributed by atoms with van der Waals surface area (Å²) in [6.45, 7) is 2.66. The van der Waals surface area contributed by atoms with Crippen LogP contribution in [0.15, 0.2) is 35.1 Å². The largest absolute Gasteiger partial charge is 0.491 e. The molecule has 0 radical (unpaired) electrons. The fourth-order valence-corrected chi connectivity index (χ4v) is 2.25. The molecule has 0 aliphatic heterocycles. The number of pyridine rings is 2. The van der Waals surface area contributed by atoms with Gasteiger partial charge in [-0.3, -0.25) is 4.98 Å². The summed E-state index contributed by atoms with van der Waals surface area (Å²) >= 11 is 8.48. The highest BCUT2D eigenvalue weighted by Crippen LogP contribution is 2.18. The van der Waals surface area contributed by atoms with Gasteiger partial charge in [0, 0.05) is 35.9 Å². The summed E-state index contributed by atoms with van der Waals surface area (Å²) in [6.07, 6.45) is 3.59. The van der Waals surface area contributed by atoms with Crippen molar-refractivity contribution in [2.75, 3.05) is 18.5 Å². The number of anilines is 1. The minimum Gasteiger partial charge on any atom is -0.491 e. The van der Waals surface area contributed by atoms with E-state index in [0.29, 0.717) is 36.2 Å². The molecule has 0 amide bonds. The Balaban J connectivity index is 1.83. The molecule has 0 aliphatic carbocycles. The van der Waals surface area contributed by atoms with E-state index in [1.165, 1.54) is 12.3 Å². The number of halogens is 2. The lowest BCUT2D eigenvalue weighted by Crippen LogP contribution is -2.30. The van der Waals surface area contributed by atoms with E-state index in [0.717, 1.165) is 4.47 Å². The first-order valence-electron chi connectivity index (χ1n) is 7.02. The zero-order valence-corrected chi connectivity index (χ0v) is 14.9. The summed E-state index contributed by atoms with van der Waals surface area (Å²) in [5, 5.41) is 6.36. The summed E-state index contributed by atoms with van der Waals surface area (Å²) in [4.78, 5) is 8.19. The van der Waals surface area contributed by atoms with Crippen molar-refractivity contribution >= 4 is 39.1 Å². The highest BCUT2D eigenvalue weighted by molar-refractivity contribution is 9.10. The molecule has 2 N–H and O–H groups in total. The molecular formula is C15H16BrFN4OS. The number of rotatable bonds is 6. The highest BCUT2D eigenvalue weighted by Gasteiger charge is 2.10. The van der Waals surface area contributed by atoms with Crippen LogP contribution >= 0.6 is 28.1 Å². The van der Waals surface area contributed by atoms with Gasteiger partial charge in [0.15, 0.2) is 16.7 Å². The lowest BCUT2D eigenvalue weighted by molar-refractivity contribution is 0.319. The van der Waals surface area contributed by atoms with Crippen molar-refractivity contribution in [3.63, 3.8) is 0 Å². The van der Waals surface area contributed by atoms with Crippen LogP contribution in [0.5, 0.6) is 5.75 Å². The predicted molar refractivity (Wildman–Crippen MR) is 95.2 cm³/mol. The van der Waals surface area contributed by atoms with Gasteiger partial charge in [0.2, 0.25) is 0 Å². The third kappa shape index (κ3) is 5.40. The minimum atomic E-state index is -0.426. The number of thiocarbonyl (C=S) groups is 1. The maximum atomic E-state index is 14.1. The molecule has 2 aromatic rings. The fourth-order valence-electron chi connectivity index (χ4n) is 1.81. The molecule has 2 aromatic heterocycles. The maximum absolute atomic E-state index is 14.1. The number of hydrogen-bond acceptors (Lipinski definition) is 4. The molecule has 0 aliphatic rings. The Kier molecular flexibility index (Phi) is 6.66. The zero-order chi connectivity index (χ0) is 16.7. The van der Waals surface area contributed by atoms with Crippen LogP contribution in [0.25, 0.3) is 0 Å². The average molecular weight is 399 g/mol. The topological polar surface area (TPSA) is 59.1 Å². The van der Waals surface area contributed by atoms with E-state index in [1.54, 1.807) is 19.2 Å². The van der Waals surface area contributed by atoms with Crippen LogP contribution in [-0.4, -0.2) is 28.2 Å². The average Bonchev–Trinajstić information content (AvgIpc) is 2.53. The lowest BCUT2D eigenvalue weighted by atomic mass is 10.2. The summed E-state index contributed by atoms with van der Waals surface area (Å²) in [5.74, 6) is 0.426. The van der Waals surface area contributed by atoms with E-state index >= 15 is 0 Å². The van der Waals surface area contributed by atoms with Crippen LogP contribution in [0.1, 0.15) is 12.6 Å². The molecule has 0 spiro atoms. The summed E-state index contributed by atoms with van der Waals surface area (Å²) in [7, 11) is 0. The molecule has 0 bridgehead atoms. The standard InChI is InChI=1S/C15H16BrFN4OS/c1-2-22-12-6-8-18-11(14(12)17)5-7-19-15(23)21-13-4-3-10(16)9-20-13/h3-4,6,8-9H,2,5,7H2,1H3,(H2,19,20,21,23). The summed E-state index contributed by atoms with van der Waals surface area (Å²) in [5.41, 5.74) is 0.341. The molecule has 5 nitrogen and oxygen atoms in total. The number of nitrogens with one attached hydrogen (secondary N) is 2. The molecule has 23 heavy (non-hydrogen) atoms. The van der Waals surface area contributed by atoms with Gasteiger partial charge >= 0.3 is 0 Å². The van der Waals surface area contributed by atoms with Gasteiger partial charge in [-0.1, -0.05) is 0 Å². The smallest absolute Gasteiger partial charge is 0.186 e. The Morgan fingerprint density at radius 2 is 2.17 bits per heavy atom. The Hall–Kier alpha value is -1.80. The third-order valence-electron chi connectivity index (χ3n) is 2.84. The predicted octanol–water partition coefficient (Wildman–Crippen LogP) is 3.31. The third-order valence-corrected chi connectivity index (χ3v) is 3.56. The van der Waals surface area contributed by atoms with Crippen LogP contribution in [0.2, 0.25) is 0 Å². The normalized spacial score (nSPS) is 10.2. The van der Waals surface area contributed by atoms with Crippen molar-refractivity contribution in [1.82, 2.24) is 15.3 Å².